The van der Waals surface area contributed by atoms with Gasteiger partial charge in [0, 0.05) is 36.8 Å². The zero-order chi connectivity index (χ0) is 19.5. The summed E-state index contributed by atoms with van der Waals surface area (Å²) in [5.74, 6) is -0.714. The number of nitrogens with one attached hydrogen (secondary N) is 2. The molecule has 1 aliphatic carbocycles. The minimum absolute atomic E-state index is 0.0124. The smallest absolute Gasteiger partial charge is 0.251 e. The van der Waals surface area contributed by atoms with E-state index < -0.39 is 0 Å². The fourth-order valence-electron chi connectivity index (χ4n) is 3.38. The second-order valence-corrected chi connectivity index (χ2v) is 7.48. The van der Waals surface area contributed by atoms with Crippen molar-refractivity contribution in [3.63, 3.8) is 0 Å². The van der Waals surface area contributed by atoms with E-state index in [1.54, 1.807) is 29.2 Å². The van der Waals surface area contributed by atoms with Crippen LogP contribution in [0.2, 0.25) is 0 Å². The highest BCUT2D eigenvalue weighted by Crippen LogP contribution is 2.23. The molecule has 1 atom stereocenters. The fraction of sp³-hybridized carbons (Fsp3) is 0.318. The zero-order valence-corrected chi connectivity index (χ0v) is 15.6. The van der Waals surface area contributed by atoms with E-state index in [2.05, 4.69) is 10.6 Å². The van der Waals surface area contributed by atoms with E-state index in [4.69, 9.17) is 0 Å². The third-order valence-electron chi connectivity index (χ3n) is 5.11. The van der Waals surface area contributed by atoms with E-state index in [0.29, 0.717) is 24.3 Å². The number of amides is 3. The van der Waals surface area contributed by atoms with E-state index in [0.717, 1.165) is 18.4 Å². The average Bonchev–Trinajstić information content (AvgIpc) is 3.44. The van der Waals surface area contributed by atoms with Crippen LogP contribution >= 0.6 is 0 Å². The molecule has 4 rings (SSSR count). The Hall–Kier alpha value is -3.15. The van der Waals surface area contributed by atoms with Crippen LogP contribution < -0.4 is 10.6 Å². The highest BCUT2D eigenvalue weighted by atomic mass is 16.2. The minimum Gasteiger partial charge on any atom is -0.349 e. The number of benzene rings is 2. The van der Waals surface area contributed by atoms with E-state index >= 15 is 0 Å². The van der Waals surface area contributed by atoms with Crippen molar-refractivity contribution in [3.8, 4) is 0 Å². The Morgan fingerprint density at radius 1 is 1.04 bits per heavy atom. The Kier molecular flexibility index (Phi) is 5.10. The maximum absolute atomic E-state index is 12.6. The monoisotopic (exact) mass is 377 g/mol. The average molecular weight is 377 g/mol. The number of anilines is 1. The number of carbonyl (C=O) groups is 3. The summed E-state index contributed by atoms with van der Waals surface area (Å²) < 4.78 is 0. The predicted octanol–water partition coefficient (Wildman–Crippen LogP) is 2.57. The highest BCUT2D eigenvalue weighted by Gasteiger charge is 2.34. The van der Waals surface area contributed by atoms with Gasteiger partial charge in [-0.1, -0.05) is 36.4 Å². The lowest BCUT2D eigenvalue weighted by atomic mass is 10.1. The molecular weight excluding hydrogens is 354 g/mol. The normalized spacial score (nSPS) is 18.8. The first-order valence-corrected chi connectivity index (χ1v) is 9.62. The van der Waals surface area contributed by atoms with Gasteiger partial charge in [0.2, 0.25) is 11.8 Å². The summed E-state index contributed by atoms with van der Waals surface area (Å²) in [4.78, 5) is 38.8. The Labute approximate surface area is 163 Å². The maximum Gasteiger partial charge on any atom is 0.251 e. The van der Waals surface area contributed by atoms with Crippen molar-refractivity contribution in [2.24, 2.45) is 5.92 Å². The van der Waals surface area contributed by atoms with E-state index in [9.17, 15) is 14.4 Å². The maximum atomic E-state index is 12.6. The SMILES string of the molecule is O=C(NC1CC1)c1cccc(NC(=O)C2CC(=O)N(Cc3ccccc3)C2)c1. The van der Waals surface area contributed by atoms with Gasteiger partial charge in [0.25, 0.3) is 5.91 Å². The standard InChI is InChI=1S/C22H23N3O3/c26-20-12-17(14-25(20)13-15-5-2-1-3-6-15)22(28)24-19-8-4-7-16(11-19)21(27)23-18-9-10-18/h1-8,11,17-18H,9-10,12-14H2,(H,23,27)(H,24,28). The molecule has 2 N–H and O–H groups in total. The largest absolute Gasteiger partial charge is 0.349 e. The highest BCUT2D eigenvalue weighted by molar-refractivity contribution is 5.99. The van der Waals surface area contributed by atoms with Crippen LogP contribution in [-0.2, 0) is 16.1 Å². The van der Waals surface area contributed by atoms with Crippen LogP contribution in [0, 0.1) is 5.92 Å². The van der Waals surface area contributed by atoms with Gasteiger partial charge in [-0.2, -0.15) is 0 Å². The van der Waals surface area contributed by atoms with Gasteiger partial charge in [-0.3, -0.25) is 14.4 Å². The van der Waals surface area contributed by atoms with Crippen molar-refractivity contribution < 1.29 is 14.4 Å². The van der Waals surface area contributed by atoms with Crippen LogP contribution in [-0.4, -0.2) is 35.2 Å². The molecule has 2 aromatic carbocycles. The molecule has 2 aliphatic rings. The zero-order valence-electron chi connectivity index (χ0n) is 15.6. The van der Waals surface area contributed by atoms with Gasteiger partial charge in [-0.05, 0) is 36.6 Å². The molecule has 144 valence electrons. The van der Waals surface area contributed by atoms with E-state index in [1.807, 2.05) is 30.3 Å². The van der Waals surface area contributed by atoms with Gasteiger partial charge >= 0.3 is 0 Å². The van der Waals surface area contributed by atoms with Gasteiger partial charge in [-0.25, -0.2) is 0 Å². The molecule has 1 aliphatic heterocycles. The summed E-state index contributed by atoms with van der Waals surface area (Å²) in [6.45, 7) is 0.918. The van der Waals surface area contributed by atoms with Crippen molar-refractivity contribution in [1.29, 1.82) is 0 Å². The first kappa shape index (κ1) is 18.2. The first-order valence-electron chi connectivity index (χ1n) is 9.62. The van der Waals surface area contributed by atoms with Gasteiger partial charge in [-0.15, -0.1) is 0 Å². The molecule has 1 saturated heterocycles. The Morgan fingerprint density at radius 2 is 1.82 bits per heavy atom. The molecule has 6 nitrogen and oxygen atoms in total. The van der Waals surface area contributed by atoms with Gasteiger partial charge in [0.05, 0.1) is 5.92 Å². The van der Waals surface area contributed by atoms with Gasteiger partial charge in [0.15, 0.2) is 0 Å². The van der Waals surface area contributed by atoms with Crippen molar-refractivity contribution in [2.75, 3.05) is 11.9 Å². The van der Waals surface area contributed by atoms with Crippen molar-refractivity contribution >= 4 is 23.4 Å². The number of likely N-dealkylation sites (tertiary alicyclic amines) is 1. The molecule has 3 amide bonds. The lowest BCUT2D eigenvalue weighted by Crippen LogP contribution is -2.28. The predicted molar refractivity (Wildman–Crippen MR) is 106 cm³/mol. The number of hydrogen-bond donors (Lipinski definition) is 2. The Bertz CT molecular complexity index is 893. The summed E-state index contributed by atoms with van der Waals surface area (Å²) in [6, 6.07) is 16.9. The lowest BCUT2D eigenvalue weighted by molar-refractivity contribution is -0.128. The van der Waals surface area contributed by atoms with Crippen molar-refractivity contribution in [2.45, 2.75) is 31.8 Å². The molecule has 28 heavy (non-hydrogen) atoms. The van der Waals surface area contributed by atoms with Crippen LogP contribution in [0.1, 0.15) is 35.2 Å². The molecule has 0 aromatic heterocycles. The topological polar surface area (TPSA) is 78.5 Å². The fourth-order valence-corrected chi connectivity index (χ4v) is 3.38. The molecule has 2 aromatic rings. The molecule has 1 saturated carbocycles. The Balaban J connectivity index is 1.36. The summed E-state index contributed by atoms with van der Waals surface area (Å²) in [6.07, 6.45) is 2.26. The van der Waals surface area contributed by atoms with Crippen molar-refractivity contribution in [1.82, 2.24) is 10.2 Å². The quantitative estimate of drug-likeness (QED) is 0.812. The third kappa shape index (κ3) is 4.39. The number of hydrogen-bond acceptors (Lipinski definition) is 3. The Morgan fingerprint density at radius 3 is 2.57 bits per heavy atom. The minimum atomic E-state index is -0.389. The summed E-state index contributed by atoms with van der Waals surface area (Å²) in [7, 11) is 0. The van der Waals surface area contributed by atoms with Gasteiger partial charge < -0.3 is 15.5 Å². The van der Waals surface area contributed by atoms with E-state index in [-0.39, 0.29) is 36.1 Å². The molecule has 0 spiro atoms. The molecular formula is C22H23N3O3. The van der Waals surface area contributed by atoms with Crippen LogP contribution in [0.25, 0.3) is 0 Å². The number of nitrogens with zero attached hydrogens (tertiary/aromatic N) is 1. The number of carbonyl (C=O) groups excluding carboxylic acids is 3. The number of rotatable bonds is 6. The molecule has 1 heterocycles. The van der Waals surface area contributed by atoms with Gasteiger partial charge in [0.1, 0.15) is 0 Å². The first-order chi connectivity index (χ1) is 13.6. The van der Waals surface area contributed by atoms with Crippen LogP contribution in [0.3, 0.4) is 0 Å². The molecule has 1 unspecified atom stereocenters. The second-order valence-electron chi connectivity index (χ2n) is 7.48. The summed E-state index contributed by atoms with van der Waals surface area (Å²) >= 11 is 0. The van der Waals surface area contributed by atoms with E-state index in [1.165, 1.54) is 0 Å². The van der Waals surface area contributed by atoms with Crippen molar-refractivity contribution in [3.05, 3.63) is 65.7 Å². The second kappa shape index (κ2) is 7.84. The van der Waals surface area contributed by atoms with Crippen LogP contribution in [0.15, 0.2) is 54.6 Å². The summed E-state index contributed by atoms with van der Waals surface area (Å²) in [5.41, 5.74) is 2.14. The lowest BCUT2D eigenvalue weighted by Gasteiger charge is -2.16. The molecule has 0 radical (unpaired) electrons. The van der Waals surface area contributed by atoms with Crippen LogP contribution in [0.4, 0.5) is 5.69 Å². The molecule has 0 bridgehead atoms. The third-order valence-corrected chi connectivity index (χ3v) is 5.11. The molecule has 6 heteroatoms. The molecule has 2 fully saturated rings. The van der Waals surface area contributed by atoms with Crippen LogP contribution in [0.5, 0.6) is 0 Å². The summed E-state index contributed by atoms with van der Waals surface area (Å²) in [5, 5.41) is 5.79.